The van der Waals surface area contributed by atoms with Crippen molar-refractivity contribution in [2.24, 2.45) is 5.41 Å². The summed E-state index contributed by atoms with van der Waals surface area (Å²) >= 11 is 0. The normalized spacial score (nSPS) is 49.6. The van der Waals surface area contributed by atoms with Crippen LogP contribution in [-0.4, -0.2) is 25.3 Å². The summed E-state index contributed by atoms with van der Waals surface area (Å²) in [5.74, 6) is 0. The van der Waals surface area contributed by atoms with Crippen LogP contribution >= 0.6 is 0 Å². The zero-order valence-corrected chi connectivity index (χ0v) is 7.44. The molecule has 1 aliphatic heterocycles. The van der Waals surface area contributed by atoms with Gasteiger partial charge in [0, 0.05) is 12.1 Å². The minimum Gasteiger partial charge on any atom is -0.378 e. The number of ether oxygens (including phenoxy) is 1. The Balaban J connectivity index is 2.03. The Morgan fingerprint density at radius 3 is 2.82 bits per heavy atom. The van der Waals surface area contributed by atoms with Crippen molar-refractivity contribution < 1.29 is 4.74 Å². The summed E-state index contributed by atoms with van der Waals surface area (Å²) in [6.07, 6.45) is 2.57. The van der Waals surface area contributed by atoms with E-state index in [1.54, 1.807) is 0 Å². The van der Waals surface area contributed by atoms with Crippen molar-refractivity contribution in [1.29, 1.82) is 0 Å². The van der Waals surface area contributed by atoms with Gasteiger partial charge in [-0.15, -0.1) is 0 Å². The topological polar surface area (TPSA) is 21.3 Å². The first-order chi connectivity index (χ1) is 5.22. The molecule has 0 bridgehead atoms. The lowest BCUT2D eigenvalue weighted by molar-refractivity contribution is 0.0528. The van der Waals surface area contributed by atoms with Gasteiger partial charge in [-0.05, 0) is 18.3 Å². The molecule has 0 amide bonds. The van der Waals surface area contributed by atoms with Crippen molar-refractivity contribution in [2.45, 2.75) is 32.2 Å². The molecular formula is C9H17NO. The van der Waals surface area contributed by atoms with Gasteiger partial charge < -0.3 is 10.1 Å². The molecule has 11 heavy (non-hydrogen) atoms. The molecule has 0 aromatic carbocycles. The lowest BCUT2D eigenvalue weighted by atomic mass is 9.99. The van der Waals surface area contributed by atoms with Crippen LogP contribution < -0.4 is 5.32 Å². The predicted molar refractivity (Wildman–Crippen MR) is 44.6 cm³/mol. The molecule has 1 saturated heterocycles. The fourth-order valence-electron chi connectivity index (χ4n) is 2.25. The highest BCUT2D eigenvalue weighted by Gasteiger charge is 2.63. The van der Waals surface area contributed by atoms with Crippen LogP contribution in [0.3, 0.4) is 0 Å². The average Bonchev–Trinajstić information content (AvgIpc) is 2.59. The van der Waals surface area contributed by atoms with E-state index in [0.717, 1.165) is 19.8 Å². The molecule has 2 fully saturated rings. The molecule has 64 valence electrons. The van der Waals surface area contributed by atoms with Crippen molar-refractivity contribution >= 4 is 0 Å². The van der Waals surface area contributed by atoms with Crippen LogP contribution in [0.1, 0.15) is 26.7 Å². The zero-order valence-electron chi connectivity index (χ0n) is 7.44. The highest BCUT2D eigenvalue weighted by Crippen LogP contribution is 2.58. The quantitative estimate of drug-likeness (QED) is 0.613. The van der Waals surface area contributed by atoms with Crippen molar-refractivity contribution in [1.82, 2.24) is 5.32 Å². The highest BCUT2D eigenvalue weighted by molar-refractivity contribution is 5.19. The molecule has 2 unspecified atom stereocenters. The maximum atomic E-state index is 5.48. The van der Waals surface area contributed by atoms with E-state index in [4.69, 9.17) is 4.74 Å². The van der Waals surface area contributed by atoms with Crippen molar-refractivity contribution in [3.8, 4) is 0 Å². The molecule has 2 atom stereocenters. The van der Waals surface area contributed by atoms with Gasteiger partial charge in [-0.3, -0.25) is 0 Å². The molecule has 1 heterocycles. The summed E-state index contributed by atoms with van der Waals surface area (Å²) in [7, 11) is 0. The second-order valence-electron chi connectivity index (χ2n) is 4.15. The maximum Gasteiger partial charge on any atom is 0.0654 e. The smallest absolute Gasteiger partial charge is 0.0654 e. The van der Waals surface area contributed by atoms with E-state index in [1.165, 1.54) is 12.8 Å². The van der Waals surface area contributed by atoms with E-state index >= 15 is 0 Å². The Morgan fingerprint density at radius 1 is 1.55 bits per heavy atom. The van der Waals surface area contributed by atoms with Crippen LogP contribution in [0.4, 0.5) is 0 Å². The minimum absolute atomic E-state index is 0.361. The van der Waals surface area contributed by atoms with Gasteiger partial charge in [-0.1, -0.05) is 13.8 Å². The fourth-order valence-corrected chi connectivity index (χ4v) is 2.25. The minimum atomic E-state index is 0.361. The second kappa shape index (κ2) is 2.20. The Morgan fingerprint density at radius 2 is 2.36 bits per heavy atom. The van der Waals surface area contributed by atoms with E-state index in [9.17, 15) is 0 Å². The number of rotatable bonds is 1. The fraction of sp³-hybridized carbons (Fsp3) is 1.00. The lowest BCUT2D eigenvalue weighted by Crippen LogP contribution is -2.47. The van der Waals surface area contributed by atoms with E-state index < -0.39 is 0 Å². The first kappa shape index (κ1) is 7.56. The van der Waals surface area contributed by atoms with Crippen LogP contribution in [0.25, 0.3) is 0 Å². The Bertz CT molecular complexity index is 157. The van der Waals surface area contributed by atoms with Crippen LogP contribution in [0.2, 0.25) is 0 Å². The van der Waals surface area contributed by atoms with Crippen LogP contribution in [0, 0.1) is 5.41 Å². The first-order valence-corrected chi connectivity index (χ1v) is 4.55. The van der Waals surface area contributed by atoms with Crippen LogP contribution in [0.15, 0.2) is 0 Å². The molecule has 0 aromatic heterocycles. The Labute approximate surface area is 68.3 Å². The summed E-state index contributed by atoms with van der Waals surface area (Å²) in [4.78, 5) is 0. The third-order valence-corrected chi connectivity index (χ3v) is 3.56. The standard InChI is InChI=1S/C9H17NO/c1-3-8(2)6-9(8)7-11-5-4-10-9/h10H,3-7H2,1-2H3. The van der Waals surface area contributed by atoms with Gasteiger partial charge in [0.15, 0.2) is 0 Å². The number of nitrogens with one attached hydrogen (secondary N) is 1. The number of hydrogen-bond acceptors (Lipinski definition) is 2. The molecule has 0 aromatic rings. The molecule has 2 rings (SSSR count). The van der Waals surface area contributed by atoms with Crippen molar-refractivity contribution in [3.05, 3.63) is 0 Å². The van der Waals surface area contributed by atoms with Gasteiger partial charge in [0.2, 0.25) is 0 Å². The van der Waals surface area contributed by atoms with Gasteiger partial charge in [0.05, 0.1) is 13.2 Å². The summed E-state index contributed by atoms with van der Waals surface area (Å²) in [5, 5.41) is 3.59. The molecule has 1 aliphatic carbocycles. The van der Waals surface area contributed by atoms with Gasteiger partial charge in [-0.25, -0.2) is 0 Å². The number of hydrogen-bond donors (Lipinski definition) is 1. The van der Waals surface area contributed by atoms with E-state index in [2.05, 4.69) is 19.2 Å². The molecular weight excluding hydrogens is 138 g/mol. The highest BCUT2D eigenvalue weighted by atomic mass is 16.5. The monoisotopic (exact) mass is 155 g/mol. The van der Waals surface area contributed by atoms with Gasteiger partial charge in [0.1, 0.15) is 0 Å². The summed E-state index contributed by atoms with van der Waals surface area (Å²) < 4.78 is 5.48. The Hall–Kier alpha value is -0.0800. The molecule has 1 saturated carbocycles. The maximum absolute atomic E-state index is 5.48. The number of morpholine rings is 1. The zero-order chi connectivity index (χ0) is 7.95. The SMILES string of the molecule is CCC1(C)CC12COCCN2. The molecule has 1 spiro atoms. The molecule has 2 aliphatic rings. The van der Waals surface area contributed by atoms with Crippen LogP contribution in [0.5, 0.6) is 0 Å². The molecule has 0 radical (unpaired) electrons. The van der Waals surface area contributed by atoms with Gasteiger partial charge in [0.25, 0.3) is 0 Å². The summed E-state index contributed by atoms with van der Waals surface area (Å²) in [6.45, 7) is 7.48. The van der Waals surface area contributed by atoms with Crippen molar-refractivity contribution in [2.75, 3.05) is 19.8 Å². The largest absolute Gasteiger partial charge is 0.378 e. The summed E-state index contributed by atoms with van der Waals surface area (Å²) in [6, 6.07) is 0. The third kappa shape index (κ3) is 0.926. The van der Waals surface area contributed by atoms with Gasteiger partial charge in [-0.2, -0.15) is 0 Å². The van der Waals surface area contributed by atoms with Crippen molar-refractivity contribution in [3.63, 3.8) is 0 Å². The summed E-state index contributed by atoms with van der Waals surface area (Å²) in [5.41, 5.74) is 0.882. The Kier molecular flexibility index (Phi) is 1.52. The molecule has 2 heteroatoms. The third-order valence-electron chi connectivity index (χ3n) is 3.56. The first-order valence-electron chi connectivity index (χ1n) is 4.55. The average molecular weight is 155 g/mol. The van der Waals surface area contributed by atoms with Crippen LogP contribution in [-0.2, 0) is 4.74 Å². The molecule has 1 N–H and O–H groups in total. The molecule has 2 nitrogen and oxygen atoms in total. The van der Waals surface area contributed by atoms with E-state index in [1.807, 2.05) is 0 Å². The second-order valence-corrected chi connectivity index (χ2v) is 4.15. The van der Waals surface area contributed by atoms with E-state index in [-0.39, 0.29) is 0 Å². The van der Waals surface area contributed by atoms with E-state index in [0.29, 0.717) is 11.0 Å². The lowest BCUT2D eigenvalue weighted by Gasteiger charge is -2.28. The predicted octanol–water partition coefficient (Wildman–Crippen LogP) is 1.17. The van der Waals surface area contributed by atoms with Gasteiger partial charge >= 0.3 is 0 Å².